The van der Waals surface area contributed by atoms with Crippen LogP contribution in [0.3, 0.4) is 0 Å². The molecule has 2 aromatic heterocycles. The number of pyridine rings is 1. The predicted molar refractivity (Wildman–Crippen MR) is 127 cm³/mol. The van der Waals surface area contributed by atoms with E-state index in [1.54, 1.807) is 29.3 Å². The van der Waals surface area contributed by atoms with Crippen molar-refractivity contribution in [3.63, 3.8) is 0 Å². The number of carbonyl (C=O) groups is 2. The van der Waals surface area contributed by atoms with E-state index in [0.717, 1.165) is 0 Å². The van der Waals surface area contributed by atoms with Gasteiger partial charge in [-0.15, -0.1) is 11.3 Å². The summed E-state index contributed by atoms with van der Waals surface area (Å²) in [4.78, 5) is 36.3. The summed E-state index contributed by atoms with van der Waals surface area (Å²) in [5, 5.41) is 13.9. The van der Waals surface area contributed by atoms with Gasteiger partial charge in [-0.3, -0.25) is 19.8 Å². The molecule has 1 fully saturated rings. The second kappa shape index (κ2) is 9.40. The standard InChI is InChI=1S/C22H17FN6O2S2/c1-13-9-15(12-26-18(13)11-24)29-19(30)3-2-7-28(22(29)32)14-4-5-16(17(23)10-14)20(31)27-21-25-6-8-33-21/h4-6,8-10,12H,2-3,7H2,1H3,(H,25,27,31). The number of halogens is 1. The smallest absolute Gasteiger partial charge is 0.260 e. The molecule has 0 aliphatic carbocycles. The van der Waals surface area contributed by atoms with E-state index in [1.165, 1.54) is 40.8 Å². The number of hydrogen-bond acceptors (Lipinski definition) is 7. The Bertz CT molecular complexity index is 1290. The van der Waals surface area contributed by atoms with Crippen molar-refractivity contribution in [3.05, 3.63) is 64.7 Å². The van der Waals surface area contributed by atoms with Crippen LogP contribution >= 0.6 is 23.6 Å². The Morgan fingerprint density at radius 1 is 1.30 bits per heavy atom. The second-order valence-electron chi connectivity index (χ2n) is 7.19. The molecule has 1 saturated heterocycles. The maximum atomic E-state index is 14.9. The SMILES string of the molecule is Cc1cc(N2C(=O)CCCN(c3ccc(C(=O)Nc4nccs4)c(F)c3)C2=S)cnc1C#N. The average molecular weight is 481 g/mol. The van der Waals surface area contributed by atoms with E-state index < -0.39 is 11.7 Å². The fraction of sp³-hybridized carbons (Fsp3) is 0.182. The van der Waals surface area contributed by atoms with Crippen molar-refractivity contribution >= 4 is 57.0 Å². The second-order valence-corrected chi connectivity index (χ2v) is 8.45. The van der Waals surface area contributed by atoms with Crippen molar-refractivity contribution in [2.24, 2.45) is 0 Å². The minimum Gasteiger partial charge on any atom is -0.318 e. The summed E-state index contributed by atoms with van der Waals surface area (Å²) < 4.78 is 14.9. The Balaban J connectivity index is 1.63. The van der Waals surface area contributed by atoms with Crippen LogP contribution in [0, 0.1) is 24.1 Å². The maximum absolute atomic E-state index is 14.9. The summed E-state index contributed by atoms with van der Waals surface area (Å²) in [6, 6.07) is 7.85. The Kier molecular flexibility index (Phi) is 6.39. The van der Waals surface area contributed by atoms with Gasteiger partial charge in [0.2, 0.25) is 5.91 Å². The number of aromatic nitrogens is 2. The van der Waals surface area contributed by atoms with E-state index in [-0.39, 0.29) is 28.7 Å². The number of aryl methyl sites for hydroxylation is 1. The van der Waals surface area contributed by atoms with E-state index in [1.807, 2.05) is 6.07 Å². The molecule has 4 rings (SSSR count). The molecule has 11 heteroatoms. The largest absolute Gasteiger partial charge is 0.318 e. The molecule has 3 aromatic rings. The fourth-order valence-corrected chi connectivity index (χ4v) is 4.35. The third-order valence-corrected chi connectivity index (χ3v) is 6.13. The lowest BCUT2D eigenvalue weighted by atomic mass is 10.1. The van der Waals surface area contributed by atoms with Crippen LogP contribution in [0.4, 0.5) is 20.9 Å². The van der Waals surface area contributed by atoms with Crippen molar-refractivity contribution < 1.29 is 14.0 Å². The molecule has 1 aliphatic heterocycles. The maximum Gasteiger partial charge on any atom is 0.260 e. The van der Waals surface area contributed by atoms with Crippen molar-refractivity contribution in [3.8, 4) is 6.07 Å². The highest BCUT2D eigenvalue weighted by molar-refractivity contribution is 7.81. The molecule has 0 spiro atoms. The molecule has 1 aromatic carbocycles. The van der Waals surface area contributed by atoms with Crippen LogP contribution in [0.5, 0.6) is 0 Å². The number of nitriles is 1. The molecule has 2 amide bonds. The molecule has 8 nitrogen and oxygen atoms in total. The molecule has 0 atom stereocenters. The van der Waals surface area contributed by atoms with Crippen LogP contribution in [-0.4, -0.2) is 33.4 Å². The number of thiocarbonyl (C=S) groups is 1. The van der Waals surface area contributed by atoms with Crippen LogP contribution in [0.25, 0.3) is 0 Å². The summed E-state index contributed by atoms with van der Waals surface area (Å²) in [6.07, 6.45) is 3.71. The van der Waals surface area contributed by atoms with E-state index in [9.17, 15) is 14.0 Å². The molecule has 166 valence electrons. The van der Waals surface area contributed by atoms with Crippen LogP contribution in [0.15, 0.2) is 42.0 Å². The highest BCUT2D eigenvalue weighted by Gasteiger charge is 2.30. The van der Waals surface area contributed by atoms with Gasteiger partial charge in [0.1, 0.15) is 17.6 Å². The van der Waals surface area contributed by atoms with Gasteiger partial charge in [-0.25, -0.2) is 14.4 Å². The number of nitrogens with zero attached hydrogens (tertiary/aromatic N) is 5. The first-order valence-corrected chi connectivity index (χ1v) is 11.2. The lowest BCUT2D eigenvalue weighted by molar-refractivity contribution is -0.117. The summed E-state index contributed by atoms with van der Waals surface area (Å²) in [7, 11) is 0. The van der Waals surface area contributed by atoms with Gasteiger partial charge in [-0.2, -0.15) is 5.26 Å². The Labute approximate surface area is 198 Å². The van der Waals surface area contributed by atoms with Crippen LogP contribution < -0.4 is 15.1 Å². The van der Waals surface area contributed by atoms with E-state index in [0.29, 0.717) is 35.0 Å². The number of hydrogen-bond donors (Lipinski definition) is 1. The predicted octanol–water partition coefficient (Wildman–Crippen LogP) is 4.03. The first kappa shape index (κ1) is 22.4. The number of rotatable bonds is 4. The van der Waals surface area contributed by atoms with Crippen LogP contribution in [-0.2, 0) is 4.79 Å². The third kappa shape index (κ3) is 4.57. The van der Waals surface area contributed by atoms with E-state index >= 15 is 0 Å². The van der Waals surface area contributed by atoms with Crippen molar-refractivity contribution in [2.75, 3.05) is 21.7 Å². The highest BCUT2D eigenvalue weighted by atomic mass is 32.1. The third-order valence-electron chi connectivity index (χ3n) is 5.03. The molecule has 0 saturated carbocycles. The van der Waals surface area contributed by atoms with Crippen molar-refractivity contribution in [2.45, 2.75) is 19.8 Å². The van der Waals surface area contributed by atoms with Gasteiger partial charge < -0.3 is 4.90 Å². The van der Waals surface area contributed by atoms with Gasteiger partial charge in [0.05, 0.1) is 17.4 Å². The van der Waals surface area contributed by atoms with Gasteiger partial charge in [0.25, 0.3) is 5.91 Å². The van der Waals surface area contributed by atoms with Crippen LogP contribution in [0.1, 0.15) is 34.5 Å². The van der Waals surface area contributed by atoms with E-state index in [2.05, 4.69) is 15.3 Å². The molecule has 0 radical (unpaired) electrons. The lowest BCUT2D eigenvalue weighted by Gasteiger charge is -2.29. The van der Waals surface area contributed by atoms with Crippen molar-refractivity contribution in [1.29, 1.82) is 5.26 Å². The number of carbonyl (C=O) groups excluding carboxylic acids is 2. The van der Waals surface area contributed by atoms with Gasteiger partial charge in [-0.05, 0) is 55.4 Å². The minimum atomic E-state index is -0.720. The fourth-order valence-electron chi connectivity index (χ4n) is 3.42. The molecular formula is C22H17FN6O2S2. The van der Waals surface area contributed by atoms with Gasteiger partial charge in [0.15, 0.2) is 10.2 Å². The molecular weight excluding hydrogens is 463 g/mol. The molecule has 0 unspecified atom stereocenters. The quantitative estimate of drug-likeness (QED) is 0.563. The minimum absolute atomic E-state index is 0.130. The molecule has 1 aliphatic rings. The van der Waals surface area contributed by atoms with E-state index in [4.69, 9.17) is 17.5 Å². The first-order valence-electron chi connectivity index (χ1n) is 9.90. The number of nitrogens with one attached hydrogen (secondary N) is 1. The number of benzene rings is 1. The Morgan fingerprint density at radius 2 is 2.12 bits per heavy atom. The normalized spacial score (nSPS) is 14.1. The average Bonchev–Trinajstić information content (AvgIpc) is 3.24. The monoisotopic (exact) mass is 480 g/mol. The topological polar surface area (TPSA) is 102 Å². The zero-order chi connectivity index (χ0) is 23.5. The Hall–Kier alpha value is -3.75. The highest BCUT2D eigenvalue weighted by Crippen LogP contribution is 2.27. The lowest BCUT2D eigenvalue weighted by Crippen LogP contribution is -2.44. The molecule has 0 bridgehead atoms. The van der Waals surface area contributed by atoms with Crippen molar-refractivity contribution in [1.82, 2.24) is 9.97 Å². The Morgan fingerprint density at radius 3 is 2.79 bits per heavy atom. The zero-order valence-corrected chi connectivity index (χ0v) is 19.0. The summed E-state index contributed by atoms with van der Waals surface area (Å²) in [6.45, 7) is 2.12. The molecule has 1 N–H and O–H groups in total. The number of amides is 2. The first-order chi connectivity index (χ1) is 15.9. The molecule has 3 heterocycles. The van der Waals surface area contributed by atoms with Gasteiger partial charge in [-0.1, -0.05) is 0 Å². The summed E-state index contributed by atoms with van der Waals surface area (Å²) in [5.74, 6) is -1.54. The van der Waals surface area contributed by atoms with Crippen LogP contribution in [0.2, 0.25) is 0 Å². The number of anilines is 3. The number of thiazole rings is 1. The zero-order valence-electron chi connectivity index (χ0n) is 17.4. The molecule has 33 heavy (non-hydrogen) atoms. The summed E-state index contributed by atoms with van der Waals surface area (Å²) in [5.41, 5.74) is 1.60. The van der Waals surface area contributed by atoms with Gasteiger partial charge >= 0.3 is 0 Å². The summed E-state index contributed by atoms with van der Waals surface area (Å²) >= 11 is 6.85. The van der Waals surface area contributed by atoms with Gasteiger partial charge in [0, 0.05) is 30.2 Å².